The van der Waals surface area contributed by atoms with Crippen molar-refractivity contribution in [2.45, 2.75) is 19.4 Å². The van der Waals surface area contributed by atoms with Crippen LogP contribution in [0.25, 0.3) is 0 Å². The van der Waals surface area contributed by atoms with Gasteiger partial charge in [0.25, 0.3) is 0 Å². The first-order valence-electron chi connectivity index (χ1n) is 4.44. The van der Waals surface area contributed by atoms with Gasteiger partial charge in [0.15, 0.2) is 0 Å². The van der Waals surface area contributed by atoms with Crippen molar-refractivity contribution >= 4 is 29.1 Å². The molecule has 80 valence electrons. The van der Waals surface area contributed by atoms with E-state index in [1.165, 1.54) is 0 Å². The van der Waals surface area contributed by atoms with Gasteiger partial charge in [-0.3, -0.25) is 0 Å². The van der Waals surface area contributed by atoms with Gasteiger partial charge in [-0.25, -0.2) is 0 Å². The Morgan fingerprint density at radius 2 is 1.64 bits per heavy atom. The summed E-state index contributed by atoms with van der Waals surface area (Å²) in [6.45, 7) is 3.23. The zero-order valence-corrected chi connectivity index (χ0v) is 11.0. The van der Waals surface area contributed by atoms with Gasteiger partial charge in [-0.1, -0.05) is 53.7 Å². The average Bonchev–Trinajstić information content (AvgIpc) is 2.10. The third-order valence-corrected chi connectivity index (χ3v) is 4.13. The quantitative estimate of drug-likeness (QED) is 0.537. The molecule has 0 radical (unpaired) electrons. The first kappa shape index (κ1) is 12.5. The lowest BCUT2D eigenvalue weighted by atomic mass is 9.84. The lowest BCUT2D eigenvalue weighted by Crippen LogP contribution is -2.28. The van der Waals surface area contributed by atoms with Crippen LogP contribution >= 0.6 is 29.1 Å². The summed E-state index contributed by atoms with van der Waals surface area (Å²) in [5, 5.41) is 0. The predicted octanol–water partition coefficient (Wildman–Crippen LogP) is 4.31. The lowest BCUT2D eigenvalue weighted by molar-refractivity contribution is 0.0874. The molecule has 4 heteroatoms. The molecule has 0 saturated heterocycles. The van der Waals surface area contributed by atoms with Crippen LogP contribution in [0.15, 0.2) is 24.3 Å². The van der Waals surface area contributed by atoms with Crippen LogP contribution < -0.4 is 0 Å². The number of hydrogen-bond donors (Lipinski definition) is 0. The molecule has 0 aliphatic heterocycles. The third kappa shape index (κ3) is 3.24. The zero-order valence-electron chi connectivity index (χ0n) is 8.63. The maximum atomic E-state index is 5.84. The summed E-state index contributed by atoms with van der Waals surface area (Å²) in [5.41, 5.74) is -0.297. The summed E-state index contributed by atoms with van der Waals surface area (Å²) < 4.78 is 5.34. The number of rotatable bonds is 3. The van der Waals surface area contributed by atoms with E-state index in [0.717, 1.165) is 6.16 Å². The van der Waals surface area contributed by atoms with Crippen molar-refractivity contribution in [2.75, 3.05) is 13.3 Å². The Morgan fingerprint density at radius 3 is 2.00 bits per heavy atom. The van der Waals surface area contributed by atoms with Crippen LogP contribution in [0.2, 0.25) is 0 Å². The fourth-order valence-electron chi connectivity index (χ4n) is 1.32. The second-order valence-electron chi connectivity index (χ2n) is 4.02. The molecule has 0 amide bonds. The van der Waals surface area contributed by atoms with Crippen molar-refractivity contribution in [3.8, 4) is 0 Å². The Bertz CT molecular complexity index is 247. The maximum absolute atomic E-state index is 5.84. The first-order valence-corrected chi connectivity index (χ1v) is 7.78. The standard InChI is InChI=1S/C10H15Cl2OP/c1-9(8-14(11)12)4-6-10(2,13-3)7-5-9/h4-7H,8H2,1-3H3. The molecule has 1 nitrogen and oxygen atoms in total. The topological polar surface area (TPSA) is 9.23 Å². The van der Waals surface area contributed by atoms with E-state index in [9.17, 15) is 0 Å². The molecular formula is C10H15Cl2OP. The van der Waals surface area contributed by atoms with Gasteiger partial charge < -0.3 is 4.74 Å². The number of hydrogen-bond acceptors (Lipinski definition) is 1. The Kier molecular flexibility index (Phi) is 4.05. The van der Waals surface area contributed by atoms with Crippen LogP contribution in [0.4, 0.5) is 0 Å². The number of ether oxygens (including phenoxy) is 1. The molecule has 0 saturated carbocycles. The van der Waals surface area contributed by atoms with Gasteiger partial charge in [-0.2, -0.15) is 0 Å². The highest BCUT2D eigenvalue weighted by atomic mass is 35.9. The van der Waals surface area contributed by atoms with Crippen LogP contribution in [0.3, 0.4) is 0 Å². The van der Waals surface area contributed by atoms with Gasteiger partial charge in [0.05, 0.1) is 6.63 Å². The average molecular weight is 253 g/mol. The molecular weight excluding hydrogens is 238 g/mol. The van der Waals surface area contributed by atoms with E-state index >= 15 is 0 Å². The minimum absolute atomic E-state index is 0.0206. The highest BCUT2D eigenvalue weighted by Gasteiger charge is 2.28. The molecule has 0 N–H and O–H groups in total. The fraction of sp³-hybridized carbons (Fsp3) is 0.600. The van der Waals surface area contributed by atoms with Crippen LogP contribution in [-0.4, -0.2) is 18.9 Å². The molecule has 1 aliphatic rings. The van der Waals surface area contributed by atoms with Crippen LogP contribution in [-0.2, 0) is 4.74 Å². The molecule has 0 heterocycles. The van der Waals surface area contributed by atoms with E-state index < -0.39 is 6.63 Å². The minimum Gasteiger partial charge on any atom is -0.370 e. The summed E-state index contributed by atoms with van der Waals surface area (Å²) in [4.78, 5) is 0. The highest BCUT2D eigenvalue weighted by Crippen LogP contribution is 2.52. The molecule has 1 rings (SSSR count). The summed E-state index contributed by atoms with van der Waals surface area (Å²) in [7, 11) is 1.70. The summed E-state index contributed by atoms with van der Waals surface area (Å²) >= 11 is 11.7. The van der Waals surface area contributed by atoms with Gasteiger partial charge in [0.1, 0.15) is 5.60 Å². The lowest BCUT2D eigenvalue weighted by Gasteiger charge is -2.31. The van der Waals surface area contributed by atoms with Crippen molar-refractivity contribution in [3.05, 3.63) is 24.3 Å². The SMILES string of the molecule is COC1(C)C=CC(C)(CP(Cl)Cl)C=C1. The van der Waals surface area contributed by atoms with Gasteiger partial charge in [0, 0.05) is 18.7 Å². The van der Waals surface area contributed by atoms with E-state index in [1.807, 2.05) is 6.92 Å². The molecule has 0 atom stereocenters. The van der Waals surface area contributed by atoms with Gasteiger partial charge >= 0.3 is 0 Å². The predicted molar refractivity (Wildman–Crippen MR) is 65.3 cm³/mol. The smallest absolute Gasteiger partial charge is 0.101 e. The van der Waals surface area contributed by atoms with Gasteiger partial charge in [0.2, 0.25) is 0 Å². The maximum Gasteiger partial charge on any atom is 0.101 e. The van der Waals surface area contributed by atoms with Crippen LogP contribution in [0.1, 0.15) is 13.8 Å². The summed E-state index contributed by atoms with van der Waals surface area (Å²) in [5.74, 6) is 0. The minimum atomic E-state index is -0.906. The van der Waals surface area contributed by atoms with E-state index in [4.69, 9.17) is 27.2 Å². The third-order valence-electron chi connectivity index (χ3n) is 2.49. The Morgan fingerprint density at radius 1 is 1.14 bits per heavy atom. The second-order valence-corrected chi connectivity index (χ2v) is 7.91. The summed E-state index contributed by atoms with van der Waals surface area (Å²) in [6.07, 6.45) is 9.14. The summed E-state index contributed by atoms with van der Waals surface area (Å²) in [6, 6.07) is 0. The number of allylic oxidation sites excluding steroid dienone is 2. The Balaban J connectivity index is 2.73. The monoisotopic (exact) mass is 252 g/mol. The van der Waals surface area contributed by atoms with E-state index in [0.29, 0.717) is 0 Å². The van der Waals surface area contributed by atoms with Gasteiger partial charge in [-0.05, 0) is 6.92 Å². The number of methoxy groups -OCH3 is 1. The van der Waals surface area contributed by atoms with Crippen LogP contribution in [0.5, 0.6) is 0 Å². The van der Waals surface area contributed by atoms with Crippen molar-refractivity contribution in [1.82, 2.24) is 0 Å². The second kappa shape index (κ2) is 4.53. The van der Waals surface area contributed by atoms with Crippen molar-refractivity contribution in [3.63, 3.8) is 0 Å². The Labute approximate surface area is 96.4 Å². The molecule has 0 fully saturated rings. The van der Waals surface area contributed by atoms with E-state index in [1.54, 1.807) is 7.11 Å². The fourth-order valence-corrected chi connectivity index (χ4v) is 3.59. The first-order chi connectivity index (χ1) is 6.39. The van der Waals surface area contributed by atoms with Gasteiger partial charge in [-0.15, -0.1) is 0 Å². The van der Waals surface area contributed by atoms with E-state index in [2.05, 4.69) is 31.2 Å². The largest absolute Gasteiger partial charge is 0.370 e. The molecule has 1 aliphatic carbocycles. The normalized spacial score (nSPS) is 36.7. The molecule has 0 aromatic heterocycles. The highest BCUT2D eigenvalue weighted by molar-refractivity contribution is 8.03. The number of halogens is 2. The van der Waals surface area contributed by atoms with Crippen LogP contribution in [0, 0.1) is 5.41 Å². The van der Waals surface area contributed by atoms with Crippen molar-refractivity contribution in [1.29, 1.82) is 0 Å². The molecule has 0 aromatic rings. The molecule has 0 aromatic carbocycles. The molecule has 0 unspecified atom stereocenters. The Hall–Kier alpha value is 0.450. The zero-order chi connectivity index (χ0) is 10.8. The molecule has 0 bridgehead atoms. The molecule has 0 spiro atoms. The van der Waals surface area contributed by atoms with E-state index in [-0.39, 0.29) is 11.0 Å². The van der Waals surface area contributed by atoms with Crippen molar-refractivity contribution in [2.24, 2.45) is 5.41 Å². The van der Waals surface area contributed by atoms with Crippen molar-refractivity contribution < 1.29 is 4.74 Å². The molecule has 14 heavy (non-hydrogen) atoms.